The van der Waals surface area contributed by atoms with Crippen LogP contribution in [-0.4, -0.2) is 16.2 Å². The van der Waals surface area contributed by atoms with Gasteiger partial charge in [-0.3, -0.25) is 9.36 Å². The molecule has 6 rings (SSSR count). The zero-order valence-electron chi connectivity index (χ0n) is 21.7. The molecule has 0 amide bonds. The quantitative estimate of drug-likeness (QED) is 0.276. The van der Waals surface area contributed by atoms with Crippen molar-refractivity contribution in [3.05, 3.63) is 111 Å². The van der Waals surface area contributed by atoms with Crippen LogP contribution in [-0.2, 0) is 19.3 Å². The fourth-order valence-corrected chi connectivity index (χ4v) is 5.36. The second-order valence-corrected chi connectivity index (χ2v) is 10.3. The Labute approximate surface area is 223 Å². The van der Waals surface area contributed by atoms with Crippen molar-refractivity contribution in [3.8, 4) is 28.6 Å². The first-order chi connectivity index (χ1) is 18.7. The van der Waals surface area contributed by atoms with E-state index in [-0.39, 0.29) is 5.56 Å². The number of unbranched alkanes of at least 4 members (excludes halogenated alkanes) is 1. The fourth-order valence-electron chi connectivity index (χ4n) is 5.36. The van der Waals surface area contributed by atoms with Gasteiger partial charge in [0.05, 0.1) is 29.6 Å². The Hall–Kier alpha value is -4.17. The van der Waals surface area contributed by atoms with Gasteiger partial charge in [0.15, 0.2) is 0 Å². The minimum absolute atomic E-state index is 0.0470. The average Bonchev–Trinajstić information content (AvgIpc) is 3.70. The van der Waals surface area contributed by atoms with Crippen LogP contribution in [0.5, 0.6) is 5.75 Å². The minimum atomic E-state index is 0.0470. The normalized spacial score (nSPS) is 14.1. The summed E-state index contributed by atoms with van der Waals surface area (Å²) in [5.41, 5.74) is 7.45. The predicted octanol–water partition coefficient (Wildman–Crippen LogP) is 6.52. The van der Waals surface area contributed by atoms with Crippen LogP contribution in [0, 0.1) is 11.3 Å². The summed E-state index contributed by atoms with van der Waals surface area (Å²) in [6, 6.07) is 24.2. The molecule has 5 heteroatoms. The Morgan fingerprint density at radius 2 is 1.89 bits per heavy atom. The van der Waals surface area contributed by atoms with E-state index in [1.165, 1.54) is 0 Å². The molecule has 0 unspecified atom stereocenters. The molecule has 0 atom stereocenters. The molecule has 3 aromatic carbocycles. The molecule has 2 aliphatic rings. The van der Waals surface area contributed by atoms with Crippen LogP contribution in [0.2, 0.25) is 0 Å². The van der Waals surface area contributed by atoms with Crippen LogP contribution in [0.3, 0.4) is 0 Å². The lowest BCUT2D eigenvalue weighted by Crippen LogP contribution is -2.29. The summed E-state index contributed by atoms with van der Waals surface area (Å²) in [6.07, 6.45) is 6.44. The molecule has 2 heterocycles. The SMILES string of the molecule is CCCCc1nc(C2CC2)n(-c2ccc3c(c2)CCO3)c(=O)c1Cc1ccc(-c2ccccc2C#N)cc1. The molecule has 4 aromatic rings. The number of hydrogen-bond acceptors (Lipinski definition) is 4. The van der Waals surface area contributed by atoms with Crippen LogP contribution >= 0.6 is 0 Å². The zero-order valence-corrected chi connectivity index (χ0v) is 21.7. The maximum atomic E-state index is 14.2. The van der Waals surface area contributed by atoms with E-state index in [4.69, 9.17) is 9.72 Å². The number of ether oxygens (including phenoxy) is 1. The van der Waals surface area contributed by atoms with Gasteiger partial charge in [-0.15, -0.1) is 0 Å². The molecule has 0 spiro atoms. The molecule has 0 N–H and O–H groups in total. The molecule has 1 aromatic heterocycles. The maximum absolute atomic E-state index is 14.2. The third-order valence-corrected chi connectivity index (χ3v) is 7.62. The molecular weight excluding hydrogens is 470 g/mol. The van der Waals surface area contributed by atoms with E-state index in [9.17, 15) is 10.1 Å². The number of aromatic nitrogens is 2. The van der Waals surface area contributed by atoms with Crippen molar-refractivity contribution in [2.75, 3.05) is 6.61 Å². The van der Waals surface area contributed by atoms with Crippen LogP contribution in [0.25, 0.3) is 16.8 Å². The van der Waals surface area contributed by atoms with Gasteiger partial charge in [-0.05, 0) is 72.2 Å². The second kappa shape index (κ2) is 10.3. The number of nitrogens with zero attached hydrogens (tertiary/aromatic N) is 3. The number of aryl methyl sites for hydroxylation is 1. The predicted molar refractivity (Wildman–Crippen MR) is 149 cm³/mol. The van der Waals surface area contributed by atoms with E-state index >= 15 is 0 Å². The molecular formula is C33H31N3O2. The Morgan fingerprint density at radius 3 is 2.66 bits per heavy atom. The molecule has 1 fully saturated rings. The summed E-state index contributed by atoms with van der Waals surface area (Å²) < 4.78 is 7.58. The molecule has 1 saturated carbocycles. The van der Waals surface area contributed by atoms with Crippen molar-refractivity contribution in [2.45, 2.75) is 57.8 Å². The summed E-state index contributed by atoms with van der Waals surface area (Å²) in [5.74, 6) is 2.17. The van der Waals surface area contributed by atoms with Gasteiger partial charge < -0.3 is 4.74 Å². The van der Waals surface area contributed by atoms with Gasteiger partial charge in [-0.2, -0.15) is 5.26 Å². The van der Waals surface area contributed by atoms with Crippen molar-refractivity contribution in [3.63, 3.8) is 0 Å². The number of nitriles is 1. The van der Waals surface area contributed by atoms with Gasteiger partial charge in [0.1, 0.15) is 11.6 Å². The van der Waals surface area contributed by atoms with E-state index in [1.54, 1.807) is 0 Å². The fraction of sp³-hybridized carbons (Fsp3) is 0.303. The largest absolute Gasteiger partial charge is 0.493 e. The third kappa shape index (κ3) is 4.63. The second-order valence-electron chi connectivity index (χ2n) is 10.3. The Kier molecular flexibility index (Phi) is 6.55. The molecule has 1 aliphatic heterocycles. The molecule has 190 valence electrons. The van der Waals surface area contributed by atoms with Crippen LogP contribution in [0.1, 0.15) is 72.3 Å². The Morgan fingerprint density at radius 1 is 1.08 bits per heavy atom. The van der Waals surface area contributed by atoms with Gasteiger partial charge >= 0.3 is 0 Å². The van der Waals surface area contributed by atoms with E-state index in [0.717, 1.165) is 89.3 Å². The van der Waals surface area contributed by atoms with E-state index < -0.39 is 0 Å². The highest BCUT2D eigenvalue weighted by Crippen LogP contribution is 2.40. The van der Waals surface area contributed by atoms with Gasteiger partial charge in [-0.25, -0.2) is 4.98 Å². The maximum Gasteiger partial charge on any atom is 0.261 e. The summed E-state index contributed by atoms with van der Waals surface area (Å²) >= 11 is 0. The number of rotatable bonds is 8. The molecule has 5 nitrogen and oxygen atoms in total. The smallest absolute Gasteiger partial charge is 0.261 e. The highest BCUT2D eigenvalue weighted by atomic mass is 16.5. The van der Waals surface area contributed by atoms with Gasteiger partial charge in [0.25, 0.3) is 5.56 Å². The first-order valence-electron chi connectivity index (χ1n) is 13.7. The number of benzene rings is 3. The summed E-state index contributed by atoms with van der Waals surface area (Å²) in [5, 5.41) is 9.50. The lowest BCUT2D eigenvalue weighted by Gasteiger charge is -2.18. The lowest BCUT2D eigenvalue weighted by atomic mass is 9.96. The number of fused-ring (bicyclic) bond motifs is 1. The first kappa shape index (κ1) is 24.2. The number of hydrogen-bond donors (Lipinski definition) is 0. The van der Waals surface area contributed by atoms with Crippen molar-refractivity contribution in [1.82, 2.24) is 9.55 Å². The van der Waals surface area contributed by atoms with Gasteiger partial charge in [-0.1, -0.05) is 55.8 Å². The van der Waals surface area contributed by atoms with E-state index in [0.29, 0.717) is 24.5 Å². The minimum Gasteiger partial charge on any atom is -0.493 e. The molecule has 0 saturated heterocycles. The highest BCUT2D eigenvalue weighted by molar-refractivity contribution is 5.70. The van der Waals surface area contributed by atoms with E-state index in [2.05, 4.69) is 31.2 Å². The molecule has 0 radical (unpaired) electrons. The zero-order chi connectivity index (χ0) is 26.1. The lowest BCUT2D eigenvalue weighted by molar-refractivity contribution is 0.357. The highest BCUT2D eigenvalue weighted by Gasteiger charge is 2.31. The Bertz CT molecular complexity index is 1590. The van der Waals surface area contributed by atoms with Crippen molar-refractivity contribution < 1.29 is 4.74 Å². The van der Waals surface area contributed by atoms with Gasteiger partial charge in [0.2, 0.25) is 0 Å². The molecule has 0 bridgehead atoms. The summed E-state index contributed by atoms with van der Waals surface area (Å²) in [4.78, 5) is 19.4. The first-order valence-corrected chi connectivity index (χ1v) is 13.7. The van der Waals surface area contributed by atoms with E-state index in [1.807, 2.05) is 53.1 Å². The van der Waals surface area contributed by atoms with Crippen LogP contribution < -0.4 is 10.3 Å². The Balaban J connectivity index is 1.42. The topological polar surface area (TPSA) is 67.9 Å². The average molecular weight is 502 g/mol. The van der Waals surface area contributed by atoms with Crippen LogP contribution in [0.15, 0.2) is 71.5 Å². The molecule has 38 heavy (non-hydrogen) atoms. The monoisotopic (exact) mass is 501 g/mol. The molecule has 1 aliphatic carbocycles. The van der Waals surface area contributed by atoms with Crippen molar-refractivity contribution >= 4 is 0 Å². The van der Waals surface area contributed by atoms with Gasteiger partial charge in [0, 0.05) is 24.3 Å². The summed E-state index contributed by atoms with van der Waals surface area (Å²) in [7, 11) is 0. The standard InChI is InChI=1S/C33H31N3O2/c1-2-3-8-30-29(19-22-9-11-23(12-10-22)28-7-5-4-6-26(28)21-34)33(37)36(32(35-30)24-13-14-24)27-15-16-31-25(20-27)17-18-38-31/h4-7,9-12,15-16,20,24H,2-3,8,13-14,17-19H2,1H3. The van der Waals surface area contributed by atoms with Crippen molar-refractivity contribution in [2.24, 2.45) is 0 Å². The third-order valence-electron chi connectivity index (χ3n) is 7.62. The van der Waals surface area contributed by atoms with Crippen LogP contribution in [0.4, 0.5) is 0 Å². The summed E-state index contributed by atoms with van der Waals surface area (Å²) in [6.45, 7) is 2.87. The van der Waals surface area contributed by atoms with Crippen molar-refractivity contribution in [1.29, 1.82) is 5.26 Å².